The molecule has 0 amide bonds. The van der Waals surface area contributed by atoms with Gasteiger partial charge < -0.3 is 9.88 Å². The molecule has 0 saturated carbocycles. The van der Waals surface area contributed by atoms with E-state index in [1.165, 1.54) is 0 Å². The maximum Gasteiger partial charge on any atom is 0.254 e. The number of rotatable bonds is 1. The number of halogens is 1. The van der Waals surface area contributed by atoms with E-state index in [0.29, 0.717) is 10.8 Å². The van der Waals surface area contributed by atoms with Crippen LogP contribution in [0, 0.1) is 6.92 Å². The summed E-state index contributed by atoms with van der Waals surface area (Å²) in [5.74, 6) is 1.57. The first-order valence-corrected chi connectivity index (χ1v) is 8.43. The molecule has 0 bridgehead atoms. The minimum atomic E-state index is 0.0413. The zero-order chi connectivity index (χ0) is 16.0. The molecule has 5 nitrogen and oxygen atoms in total. The van der Waals surface area contributed by atoms with Gasteiger partial charge in [-0.1, -0.05) is 11.6 Å². The van der Waals surface area contributed by atoms with Crippen molar-refractivity contribution in [3.05, 3.63) is 50.8 Å². The highest BCUT2D eigenvalue weighted by molar-refractivity contribution is 6.32. The van der Waals surface area contributed by atoms with Gasteiger partial charge in [-0.25, -0.2) is 9.97 Å². The van der Waals surface area contributed by atoms with Gasteiger partial charge in [0.25, 0.3) is 5.56 Å². The van der Waals surface area contributed by atoms with Gasteiger partial charge in [0, 0.05) is 30.3 Å². The minimum absolute atomic E-state index is 0.0413. The molecule has 0 radical (unpaired) electrons. The molecule has 0 aromatic carbocycles. The lowest BCUT2D eigenvalue weighted by Crippen LogP contribution is -2.42. The maximum atomic E-state index is 12.2. The second kappa shape index (κ2) is 5.34. The van der Waals surface area contributed by atoms with Gasteiger partial charge in [0.15, 0.2) is 0 Å². The van der Waals surface area contributed by atoms with Crippen molar-refractivity contribution < 1.29 is 0 Å². The average Bonchev–Trinajstić information content (AvgIpc) is 2.88. The fourth-order valence-electron chi connectivity index (χ4n) is 4.01. The minimum Gasteiger partial charge on any atom is -0.355 e. The van der Waals surface area contributed by atoms with E-state index >= 15 is 0 Å². The highest BCUT2D eigenvalue weighted by Crippen LogP contribution is 2.45. The zero-order valence-electron chi connectivity index (χ0n) is 13.1. The van der Waals surface area contributed by atoms with Crippen molar-refractivity contribution in [2.75, 3.05) is 18.0 Å². The monoisotopic (exact) mass is 330 g/mol. The van der Waals surface area contributed by atoms with Gasteiger partial charge in [-0.15, -0.1) is 0 Å². The first-order valence-electron chi connectivity index (χ1n) is 8.05. The number of anilines is 1. The average molecular weight is 331 g/mol. The lowest BCUT2D eigenvalue weighted by atomic mass is 9.76. The maximum absolute atomic E-state index is 12.2. The molecule has 4 rings (SSSR count). The number of nitrogens with one attached hydrogen (secondary N) is 1. The van der Waals surface area contributed by atoms with Crippen molar-refractivity contribution >= 4 is 17.4 Å². The van der Waals surface area contributed by atoms with Crippen LogP contribution in [0.4, 0.5) is 5.82 Å². The second-order valence-electron chi connectivity index (χ2n) is 6.55. The van der Waals surface area contributed by atoms with Gasteiger partial charge in [0.1, 0.15) is 11.6 Å². The summed E-state index contributed by atoms with van der Waals surface area (Å²) in [5.41, 5.74) is 2.01. The third-order valence-electron chi connectivity index (χ3n) is 5.25. The summed E-state index contributed by atoms with van der Waals surface area (Å²) in [7, 11) is 0. The molecule has 1 spiro atoms. The van der Waals surface area contributed by atoms with Crippen molar-refractivity contribution in [1.29, 1.82) is 0 Å². The van der Waals surface area contributed by atoms with Crippen LogP contribution < -0.4 is 10.5 Å². The van der Waals surface area contributed by atoms with Crippen LogP contribution in [0.2, 0.25) is 5.02 Å². The highest BCUT2D eigenvalue weighted by atomic mass is 35.5. The summed E-state index contributed by atoms with van der Waals surface area (Å²) >= 11 is 6.27. The number of aromatic nitrogens is 3. The summed E-state index contributed by atoms with van der Waals surface area (Å²) < 4.78 is 0. The van der Waals surface area contributed by atoms with E-state index in [-0.39, 0.29) is 11.0 Å². The van der Waals surface area contributed by atoms with Crippen molar-refractivity contribution in [2.24, 2.45) is 0 Å². The zero-order valence-corrected chi connectivity index (χ0v) is 13.9. The van der Waals surface area contributed by atoms with E-state index in [2.05, 4.69) is 14.9 Å². The van der Waals surface area contributed by atoms with E-state index in [1.807, 2.05) is 19.1 Å². The van der Waals surface area contributed by atoms with Crippen LogP contribution in [0.25, 0.3) is 0 Å². The van der Waals surface area contributed by atoms with Crippen LogP contribution in [0.1, 0.15) is 36.3 Å². The molecule has 0 unspecified atom stereocenters. The van der Waals surface area contributed by atoms with Gasteiger partial charge >= 0.3 is 0 Å². The summed E-state index contributed by atoms with van der Waals surface area (Å²) in [4.78, 5) is 26.3. The molecule has 2 aliphatic rings. The number of aryl methyl sites for hydroxylation is 1. The lowest BCUT2D eigenvalue weighted by Gasteiger charge is -2.40. The quantitative estimate of drug-likeness (QED) is 0.873. The molecule has 1 N–H and O–H groups in total. The fourth-order valence-corrected chi connectivity index (χ4v) is 4.25. The Morgan fingerprint density at radius 2 is 2.09 bits per heavy atom. The van der Waals surface area contributed by atoms with Crippen LogP contribution in [0.3, 0.4) is 0 Å². The van der Waals surface area contributed by atoms with Crippen LogP contribution >= 0.6 is 11.6 Å². The van der Waals surface area contributed by atoms with Crippen molar-refractivity contribution in [2.45, 2.75) is 38.0 Å². The first-order chi connectivity index (χ1) is 11.1. The van der Waals surface area contributed by atoms with E-state index in [9.17, 15) is 4.79 Å². The summed E-state index contributed by atoms with van der Waals surface area (Å²) in [6, 6.07) is 3.73. The number of fused-ring (bicyclic) bond motifs is 2. The van der Waals surface area contributed by atoms with Crippen molar-refractivity contribution in [3.63, 3.8) is 0 Å². The molecule has 120 valence electrons. The third-order valence-corrected chi connectivity index (χ3v) is 5.54. The summed E-state index contributed by atoms with van der Waals surface area (Å²) in [5, 5.41) is 0.695. The Hall–Kier alpha value is -1.88. The SMILES string of the molecule is Cc1nc2c(c(=O)[nH]1)CCC21CCN(c2ncccc2Cl)CC1. The lowest BCUT2D eigenvalue weighted by molar-refractivity contribution is 0.321. The molecule has 3 heterocycles. The fraction of sp³-hybridized carbons (Fsp3) is 0.471. The Kier molecular flexibility index (Phi) is 3.41. The number of pyridine rings is 1. The number of hydrogen-bond acceptors (Lipinski definition) is 4. The Morgan fingerprint density at radius 1 is 1.30 bits per heavy atom. The highest BCUT2D eigenvalue weighted by Gasteiger charge is 2.44. The molecule has 0 atom stereocenters. The Balaban J connectivity index is 1.62. The number of piperidine rings is 1. The van der Waals surface area contributed by atoms with Crippen LogP contribution in [-0.2, 0) is 11.8 Å². The summed E-state index contributed by atoms with van der Waals surface area (Å²) in [6.07, 6.45) is 5.61. The predicted molar refractivity (Wildman–Crippen MR) is 90.3 cm³/mol. The van der Waals surface area contributed by atoms with Gasteiger partial charge in [0.05, 0.1) is 10.7 Å². The number of H-pyrrole nitrogens is 1. The normalized spacial score (nSPS) is 19.1. The van der Waals surface area contributed by atoms with E-state index in [4.69, 9.17) is 16.6 Å². The van der Waals surface area contributed by atoms with Gasteiger partial charge in [-0.05, 0) is 44.7 Å². The van der Waals surface area contributed by atoms with Gasteiger partial charge in [-0.2, -0.15) is 0 Å². The Bertz CT molecular complexity index is 808. The molecule has 1 aliphatic heterocycles. The number of nitrogens with zero attached hydrogens (tertiary/aromatic N) is 3. The predicted octanol–water partition coefficient (Wildman–Crippen LogP) is 2.61. The van der Waals surface area contributed by atoms with E-state index < -0.39 is 0 Å². The molecule has 2 aromatic heterocycles. The molecule has 1 fully saturated rings. The second-order valence-corrected chi connectivity index (χ2v) is 6.96. The first kappa shape index (κ1) is 14.7. The van der Waals surface area contributed by atoms with E-state index in [1.54, 1.807) is 6.20 Å². The van der Waals surface area contributed by atoms with Crippen molar-refractivity contribution in [1.82, 2.24) is 15.0 Å². The smallest absolute Gasteiger partial charge is 0.254 e. The molecule has 2 aromatic rings. The molecule has 23 heavy (non-hydrogen) atoms. The largest absolute Gasteiger partial charge is 0.355 e. The Morgan fingerprint density at radius 3 is 2.83 bits per heavy atom. The molecule has 1 aliphatic carbocycles. The molecular weight excluding hydrogens is 312 g/mol. The number of aromatic amines is 1. The summed E-state index contributed by atoms with van der Waals surface area (Å²) in [6.45, 7) is 3.64. The topological polar surface area (TPSA) is 61.9 Å². The molecule has 1 saturated heterocycles. The number of hydrogen-bond donors (Lipinski definition) is 1. The van der Waals surface area contributed by atoms with E-state index in [0.717, 1.165) is 55.8 Å². The van der Waals surface area contributed by atoms with Crippen LogP contribution in [0.15, 0.2) is 23.1 Å². The van der Waals surface area contributed by atoms with Crippen molar-refractivity contribution in [3.8, 4) is 0 Å². The van der Waals surface area contributed by atoms with Crippen LogP contribution in [0.5, 0.6) is 0 Å². The Labute approximate surface area is 139 Å². The standard InChI is InChI=1S/C17H19ClN4O/c1-11-20-14-12(16(23)21-11)4-5-17(14)6-9-22(10-7-17)15-13(18)3-2-8-19-15/h2-3,8H,4-7,9-10H2,1H3,(H,20,21,23). The van der Waals surface area contributed by atoms with Gasteiger partial charge in [0.2, 0.25) is 0 Å². The van der Waals surface area contributed by atoms with Crippen LogP contribution in [-0.4, -0.2) is 28.0 Å². The molecular formula is C17H19ClN4O. The third kappa shape index (κ3) is 2.34. The molecule has 6 heteroatoms. The van der Waals surface area contributed by atoms with Gasteiger partial charge in [-0.3, -0.25) is 4.79 Å².